The molecule has 0 aliphatic heterocycles. The number of nitrogens with two attached hydrogens (primary N) is 1. The molecular formula is C14H19FN2O2. The highest BCUT2D eigenvalue weighted by atomic mass is 19.1. The fourth-order valence-corrected chi connectivity index (χ4v) is 1.91. The highest BCUT2D eigenvalue weighted by Gasteiger charge is 2.29. The van der Waals surface area contributed by atoms with Crippen molar-refractivity contribution in [3.05, 3.63) is 29.6 Å². The van der Waals surface area contributed by atoms with Gasteiger partial charge in [-0.1, -0.05) is 0 Å². The molecule has 1 aliphatic carbocycles. The predicted octanol–water partition coefficient (Wildman–Crippen LogP) is 1.85. The van der Waals surface area contributed by atoms with Gasteiger partial charge >= 0.3 is 0 Å². The van der Waals surface area contributed by atoms with Crippen LogP contribution < -0.4 is 10.5 Å². The number of amides is 1. The van der Waals surface area contributed by atoms with Crippen LogP contribution >= 0.6 is 0 Å². The van der Waals surface area contributed by atoms with Gasteiger partial charge in [-0.05, 0) is 38.0 Å². The molecule has 1 fully saturated rings. The second-order valence-electron chi connectivity index (χ2n) is 5.00. The van der Waals surface area contributed by atoms with Crippen LogP contribution in [0.1, 0.15) is 31.4 Å². The van der Waals surface area contributed by atoms with E-state index in [9.17, 15) is 9.18 Å². The van der Waals surface area contributed by atoms with Crippen molar-refractivity contribution in [2.75, 3.05) is 13.7 Å². The average Bonchev–Trinajstić information content (AvgIpc) is 3.20. The zero-order chi connectivity index (χ0) is 14.0. The lowest BCUT2D eigenvalue weighted by Crippen LogP contribution is -2.33. The lowest BCUT2D eigenvalue weighted by molar-refractivity contribution is -0.132. The normalized spacial score (nSPS) is 16.0. The van der Waals surface area contributed by atoms with Crippen molar-refractivity contribution in [1.82, 2.24) is 4.90 Å². The lowest BCUT2D eigenvalue weighted by Gasteiger charge is -2.18. The lowest BCUT2D eigenvalue weighted by atomic mass is 10.1. The molecule has 0 radical (unpaired) electrons. The molecule has 104 valence electrons. The summed E-state index contributed by atoms with van der Waals surface area (Å²) in [6.07, 6.45) is 2.12. The molecule has 1 aromatic carbocycles. The van der Waals surface area contributed by atoms with E-state index in [1.165, 1.54) is 18.2 Å². The molecule has 0 aromatic heterocycles. The van der Waals surface area contributed by atoms with Crippen LogP contribution in [-0.2, 0) is 4.79 Å². The Morgan fingerprint density at radius 3 is 2.84 bits per heavy atom. The molecule has 1 amide bonds. The Morgan fingerprint density at radius 1 is 1.58 bits per heavy atom. The number of rotatable bonds is 5. The molecule has 0 heterocycles. The molecule has 0 bridgehead atoms. The number of carbonyl (C=O) groups is 1. The van der Waals surface area contributed by atoms with Gasteiger partial charge in [0.2, 0.25) is 0 Å². The first-order chi connectivity index (χ1) is 8.99. The van der Waals surface area contributed by atoms with Crippen LogP contribution in [0.25, 0.3) is 0 Å². The fourth-order valence-electron chi connectivity index (χ4n) is 1.91. The van der Waals surface area contributed by atoms with Gasteiger partial charge in [-0.15, -0.1) is 0 Å². The van der Waals surface area contributed by atoms with Crippen molar-refractivity contribution >= 4 is 5.91 Å². The molecule has 1 aromatic rings. The molecule has 0 unspecified atom stereocenters. The van der Waals surface area contributed by atoms with Gasteiger partial charge < -0.3 is 15.4 Å². The van der Waals surface area contributed by atoms with Crippen molar-refractivity contribution in [2.45, 2.75) is 31.8 Å². The number of carbonyl (C=O) groups excluding carboxylic acids is 1. The zero-order valence-corrected chi connectivity index (χ0v) is 11.2. The van der Waals surface area contributed by atoms with Crippen molar-refractivity contribution in [1.29, 1.82) is 0 Å². The van der Waals surface area contributed by atoms with Crippen LogP contribution in [-0.4, -0.2) is 30.5 Å². The van der Waals surface area contributed by atoms with Crippen LogP contribution in [0.15, 0.2) is 18.2 Å². The third kappa shape index (κ3) is 3.44. The van der Waals surface area contributed by atoms with E-state index < -0.39 is 0 Å². The fraction of sp³-hybridized carbons (Fsp3) is 0.500. The van der Waals surface area contributed by atoms with Crippen molar-refractivity contribution < 1.29 is 13.9 Å². The van der Waals surface area contributed by atoms with Gasteiger partial charge in [0, 0.05) is 24.7 Å². The Kier molecular flexibility index (Phi) is 4.04. The molecule has 19 heavy (non-hydrogen) atoms. The molecule has 2 rings (SSSR count). The Balaban J connectivity index is 2.00. The van der Waals surface area contributed by atoms with E-state index in [4.69, 9.17) is 10.5 Å². The van der Waals surface area contributed by atoms with Crippen LogP contribution in [0.5, 0.6) is 5.75 Å². The van der Waals surface area contributed by atoms with Gasteiger partial charge in [0.1, 0.15) is 11.6 Å². The smallest absolute Gasteiger partial charge is 0.260 e. The van der Waals surface area contributed by atoms with Crippen molar-refractivity contribution in [3.63, 3.8) is 0 Å². The van der Waals surface area contributed by atoms with Gasteiger partial charge in [0.15, 0.2) is 6.61 Å². The molecule has 1 aliphatic rings. The number of hydrogen-bond donors (Lipinski definition) is 1. The summed E-state index contributed by atoms with van der Waals surface area (Å²) in [4.78, 5) is 13.5. The maximum atomic E-state index is 13.2. The van der Waals surface area contributed by atoms with E-state index in [1.54, 1.807) is 18.9 Å². The minimum atomic E-state index is -0.360. The zero-order valence-electron chi connectivity index (χ0n) is 11.2. The monoisotopic (exact) mass is 266 g/mol. The largest absolute Gasteiger partial charge is 0.483 e. The van der Waals surface area contributed by atoms with E-state index in [0.717, 1.165) is 12.8 Å². The molecule has 1 atom stereocenters. The Morgan fingerprint density at radius 2 is 2.26 bits per heavy atom. The summed E-state index contributed by atoms with van der Waals surface area (Å²) in [5.74, 6) is 0.0393. The molecule has 0 spiro atoms. The first-order valence-corrected chi connectivity index (χ1v) is 6.42. The Labute approximate surface area is 112 Å². The average molecular weight is 266 g/mol. The molecule has 1 saturated carbocycles. The Hall–Kier alpha value is -1.62. The van der Waals surface area contributed by atoms with E-state index >= 15 is 0 Å². The molecule has 2 N–H and O–H groups in total. The van der Waals surface area contributed by atoms with Crippen LogP contribution in [0.4, 0.5) is 4.39 Å². The minimum absolute atomic E-state index is 0.0433. The van der Waals surface area contributed by atoms with Gasteiger partial charge in [0.25, 0.3) is 5.91 Å². The third-order valence-corrected chi connectivity index (χ3v) is 3.30. The molecule has 4 nitrogen and oxygen atoms in total. The second-order valence-corrected chi connectivity index (χ2v) is 5.00. The van der Waals surface area contributed by atoms with E-state index in [0.29, 0.717) is 17.4 Å². The molecular weight excluding hydrogens is 247 g/mol. The summed E-state index contributed by atoms with van der Waals surface area (Å²) in [5, 5.41) is 0. The van der Waals surface area contributed by atoms with E-state index in [-0.39, 0.29) is 24.4 Å². The van der Waals surface area contributed by atoms with E-state index in [1.807, 2.05) is 0 Å². The highest BCUT2D eigenvalue weighted by Crippen LogP contribution is 2.27. The summed E-state index contributed by atoms with van der Waals surface area (Å²) >= 11 is 0. The number of likely N-dealkylation sites (N-methyl/N-ethyl adjacent to an activating group) is 1. The van der Waals surface area contributed by atoms with Gasteiger partial charge in [0.05, 0.1) is 0 Å². The highest BCUT2D eigenvalue weighted by molar-refractivity contribution is 5.78. The van der Waals surface area contributed by atoms with Crippen molar-refractivity contribution in [3.8, 4) is 5.75 Å². The van der Waals surface area contributed by atoms with E-state index in [2.05, 4.69) is 0 Å². The number of benzene rings is 1. The first-order valence-electron chi connectivity index (χ1n) is 6.42. The number of hydrogen-bond acceptors (Lipinski definition) is 3. The Bertz CT molecular complexity index is 473. The SMILES string of the molecule is C[C@H](N)c1cc(F)ccc1OCC(=O)N(C)C1CC1. The van der Waals surface area contributed by atoms with Crippen LogP contribution in [0.3, 0.4) is 0 Å². The number of ether oxygens (including phenoxy) is 1. The predicted molar refractivity (Wildman–Crippen MR) is 70.3 cm³/mol. The summed E-state index contributed by atoms with van der Waals surface area (Å²) in [6, 6.07) is 4.17. The minimum Gasteiger partial charge on any atom is -0.483 e. The van der Waals surface area contributed by atoms with Gasteiger partial charge in [-0.2, -0.15) is 0 Å². The second kappa shape index (κ2) is 5.57. The third-order valence-electron chi connectivity index (χ3n) is 3.30. The topological polar surface area (TPSA) is 55.6 Å². The quantitative estimate of drug-likeness (QED) is 0.884. The van der Waals surface area contributed by atoms with Crippen LogP contribution in [0.2, 0.25) is 0 Å². The number of nitrogens with zero attached hydrogens (tertiary/aromatic N) is 1. The summed E-state index contributed by atoms with van der Waals surface area (Å²) in [7, 11) is 1.78. The molecule has 5 heteroatoms. The van der Waals surface area contributed by atoms with Gasteiger partial charge in [-0.25, -0.2) is 4.39 Å². The molecule has 0 saturated heterocycles. The summed E-state index contributed by atoms with van der Waals surface area (Å²) < 4.78 is 18.6. The van der Waals surface area contributed by atoms with Crippen LogP contribution in [0, 0.1) is 5.82 Å². The maximum absolute atomic E-state index is 13.2. The van der Waals surface area contributed by atoms with Crippen molar-refractivity contribution in [2.24, 2.45) is 5.73 Å². The summed E-state index contributed by atoms with van der Waals surface area (Å²) in [6.45, 7) is 1.71. The maximum Gasteiger partial charge on any atom is 0.260 e. The number of halogens is 1. The standard InChI is InChI=1S/C14H19FN2O2/c1-9(16)12-7-10(15)3-6-13(12)19-8-14(18)17(2)11-4-5-11/h3,6-7,9,11H,4-5,8,16H2,1-2H3/t9-/m0/s1. The van der Waals surface area contributed by atoms with Gasteiger partial charge in [-0.3, -0.25) is 4.79 Å². The first kappa shape index (κ1) is 13.8. The summed E-state index contributed by atoms with van der Waals surface area (Å²) in [5.41, 5.74) is 6.34.